The zero-order valence-electron chi connectivity index (χ0n) is 7.02. The average Bonchev–Trinajstić information content (AvgIpc) is 1.84. The van der Waals surface area contributed by atoms with Gasteiger partial charge in [-0.3, -0.25) is 4.79 Å². The largest absolute Gasteiger partial charge is 0.480 e. The van der Waals surface area contributed by atoms with E-state index >= 15 is 0 Å². The van der Waals surface area contributed by atoms with Crippen LogP contribution in [0.3, 0.4) is 0 Å². The Morgan fingerprint density at radius 1 is 1.25 bits per heavy atom. The molecule has 0 aliphatic heterocycles. The smallest absolute Gasteiger partial charge is 0.402 e. The molecule has 0 aromatic rings. The van der Waals surface area contributed by atoms with Gasteiger partial charge in [0.2, 0.25) is 0 Å². The Morgan fingerprint density at radius 3 is 1.50 bits per heavy atom. The van der Waals surface area contributed by atoms with Gasteiger partial charge in [0.15, 0.2) is 0 Å². The van der Waals surface area contributed by atoms with Gasteiger partial charge in [0.25, 0.3) is 0 Å². The fourth-order valence-corrected chi connectivity index (χ4v) is 0.285. The van der Waals surface area contributed by atoms with Gasteiger partial charge in [-0.2, -0.15) is 0 Å². The first-order valence-corrected chi connectivity index (χ1v) is 3.25. The maximum Gasteiger partial charge on any atom is 0.402 e. The van der Waals surface area contributed by atoms with Crippen LogP contribution >= 0.6 is 0 Å². The molecule has 0 radical (unpaired) electrons. The Labute approximate surface area is 70.2 Å². The minimum absolute atomic E-state index is 0.0208. The molecule has 0 saturated carbocycles. The monoisotopic (exact) mass is 178 g/mol. The average molecular weight is 178 g/mol. The summed E-state index contributed by atoms with van der Waals surface area (Å²) in [5, 5.41) is 15.4. The SMILES string of the molecule is CC(C)[C@H](N)C(=O)O.NC(=O)O. The van der Waals surface area contributed by atoms with E-state index in [1.165, 1.54) is 0 Å². The molecule has 12 heavy (non-hydrogen) atoms. The number of carboxylic acids is 1. The van der Waals surface area contributed by atoms with E-state index in [0.29, 0.717) is 0 Å². The number of carboxylic acid groups (broad SMARTS) is 2. The summed E-state index contributed by atoms with van der Waals surface area (Å²) >= 11 is 0. The minimum Gasteiger partial charge on any atom is -0.480 e. The first-order chi connectivity index (χ1) is 5.29. The van der Waals surface area contributed by atoms with Crippen molar-refractivity contribution in [3.05, 3.63) is 0 Å². The van der Waals surface area contributed by atoms with Crippen molar-refractivity contribution < 1.29 is 19.8 Å². The van der Waals surface area contributed by atoms with E-state index in [-0.39, 0.29) is 5.92 Å². The Bertz CT molecular complexity index is 154. The third-order valence-electron chi connectivity index (χ3n) is 1.00. The highest BCUT2D eigenvalue weighted by molar-refractivity contribution is 5.73. The van der Waals surface area contributed by atoms with Gasteiger partial charge in [0.05, 0.1) is 0 Å². The van der Waals surface area contributed by atoms with Gasteiger partial charge in [-0.25, -0.2) is 4.79 Å². The van der Waals surface area contributed by atoms with Crippen molar-refractivity contribution in [2.45, 2.75) is 19.9 Å². The Morgan fingerprint density at radius 2 is 1.50 bits per heavy atom. The molecule has 1 amide bonds. The normalized spacial score (nSPS) is 11.3. The standard InChI is InChI=1S/C5H11NO2.CH3NO2/c1-3(2)4(6)5(7)8;2-1(3)4/h3-4H,6H2,1-2H3,(H,7,8);2H2,(H,3,4)/t4-;/m0./s1. The molecule has 0 aromatic carbocycles. The number of nitrogens with two attached hydrogens (primary N) is 2. The zero-order valence-corrected chi connectivity index (χ0v) is 7.02. The maximum absolute atomic E-state index is 10.0. The van der Waals surface area contributed by atoms with Crippen LogP contribution in [0, 0.1) is 5.92 Å². The van der Waals surface area contributed by atoms with Gasteiger partial charge < -0.3 is 21.7 Å². The molecule has 72 valence electrons. The highest BCUT2D eigenvalue weighted by Gasteiger charge is 2.14. The molecule has 0 heterocycles. The van der Waals surface area contributed by atoms with Crippen LogP contribution in [0.25, 0.3) is 0 Å². The molecule has 0 bridgehead atoms. The van der Waals surface area contributed by atoms with Crippen LogP contribution in [0.5, 0.6) is 0 Å². The number of carbonyl (C=O) groups is 2. The van der Waals surface area contributed by atoms with Crippen molar-refractivity contribution in [3.8, 4) is 0 Å². The third kappa shape index (κ3) is 11.5. The fourth-order valence-electron chi connectivity index (χ4n) is 0.285. The lowest BCUT2D eigenvalue weighted by atomic mass is 10.1. The fraction of sp³-hybridized carbons (Fsp3) is 0.667. The van der Waals surface area contributed by atoms with Crippen LogP contribution in [0.2, 0.25) is 0 Å². The number of hydrogen-bond acceptors (Lipinski definition) is 3. The molecule has 0 fully saturated rings. The van der Waals surface area contributed by atoms with E-state index in [1.54, 1.807) is 13.8 Å². The Hall–Kier alpha value is -1.30. The van der Waals surface area contributed by atoms with E-state index in [1.807, 2.05) is 0 Å². The van der Waals surface area contributed by atoms with Crippen molar-refractivity contribution in [2.75, 3.05) is 0 Å². The van der Waals surface area contributed by atoms with E-state index in [2.05, 4.69) is 5.73 Å². The lowest BCUT2D eigenvalue weighted by Crippen LogP contribution is -2.34. The summed E-state index contributed by atoms with van der Waals surface area (Å²) in [4.78, 5) is 18.8. The molecule has 1 atom stereocenters. The molecule has 0 spiro atoms. The molecular weight excluding hydrogens is 164 g/mol. The van der Waals surface area contributed by atoms with Crippen LogP contribution < -0.4 is 11.5 Å². The van der Waals surface area contributed by atoms with Crippen molar-refractivity contribution in [2.24, 2.45) is 17.4 Å². The second-order valence-electron chi connectivity index (χ2n) is 2.45. The van der Waals surface area contributed by atoms with Crippen LogP contribution in [-0.2, 0) is 4.79 Å². The summed E-state index contributed by atoms with van der Waals surface area (Å²) < 4.78 is 0. The molecular formula is C6H14N2O4. The molecule has 6 nitrogen and oxygen atoms in total. The summed E-state index contributed by atoms with van der Waals surface area (Å²) in [6.45, 7) is 3.55. The predicted molar refractivity (Wildman–Crippen MR) is 42.7 cm³/mol. The zero-order chi connectivity index (χ0) is 10.3. The van der Waals surface area contributed by atoms with Gasteiger partial charge in [-0.05, 0) is 5.92 Å². The van der Waals surface area contributed by atoms with E-state index in [0.717, 1.165) is 0 Å². The molecule has 0 unspecified atom stereocenters. The van der Waals surface area contributed by atoms with Gasteiger partial charge >= 0.3 is 12.1 Å². The van der Waals surface area contributed by atoms with Gasteiger partial charge in [0, 0.05) is 0 Å². The molecule has 6 heteroatoms. The molecule has 6 N–H and O–H groups in total. The molecule has 0 aliphatic rings. The second kappa shape index (κ2) is 6.41. The lowest BCUT2D eigenvalue weighted by molar-refractivity contribution is -0.139. The van der Waals surface area contributed by atoms with Crippen molar-refractivity contribution >= 4 is 12.1 Å². The first-order valence-electron chi connectivity index (χ1n) is 3.25. The highest BCUT2D eigenvalue weighted by Crippen LogP contribution is 1.96. The summed E-state index contributed by atoms with van der Waals surface area (Å²) in [6, 6.07) is -0.713. The van der Waals surface area contributed by atoms with Crippen LogP contribution in [0.15, 0.2) is 0 Å². The molecule has 0 aromatic heterocycles. The van der Waals surface area contributed by atoms with Crippen molar-refractivity contribution in [1.82, 2.24) is 0 Å². The number of rotatable bonds is 2. The number of primary amides is 1. The van der Waals surface area contributed by atoms with E-state index in [4.69, 9.17) is 20.7 Å². The summed E-state index contributed by atoms with van der Waals surface area (Å²) in [5.41, 5.74) is 9.19. The summed E-state index contributed by atoms with van der Waals surface area (Å²) in [5.74, 6) is -0.910. The van der Waals surface area contributed by atoms with E-state index in [9.17, 15) is 4.79 Å². The van der Waals surface area contributed by atoms with Crippen LogP contribution in [-0.4, -0.2) is 28.3 Å². The molecule has 0 rings (SSSR count). The van der Waals surface area contributed by atoms with Gasteiger partial charge in [0.1, 0.15) is 6.04 Å². The van der Waals surface area contributed by atoms with Crippen molar-refractivity contribution in [3.63, 3.8) is 0 Å². The second-order valence-corrected chi connectivity index (χ2v) is 2.45. The molecule has 0 saturated heterocycles. The number of hydrogen-bond donors (Lipinski definition) is 4. The highest BCUT2D eigenvalue weighted by atomic mass is 16.4. The molecule has 0 aliphatic carbocycles. The Kier molecular flexibility index (Phi) is 7.11. The van der Waals surface area contributed by atoms with Gasteiger partial charge in [-0.15, -0.1) is 0 Å². The first kappa shape index (κ1) is 13.3. The summed E-state index contributed by atoms with van der Waals surface area (Å²) in [6.07, 6.45) is -1.33. The Balaban J connectivity index is 0. The minimum atomic E-state index is -1.33. The maximum atomic E-state index is 10.0. The van der Waals surface area contributed by atoms with Gasteiger partial charge in [-0.1, -0.05) is 13.8 Å². The number of amides is 1. The van der Waals surface area contributed by atoms with E-state index < -0.39 is 18.1 Å². The van der Waals surface area contributed by atoms with Crippen LogP contribution in [0.4, 0.5) is 4.79 Å². The predicted octanol–water partition coefficient (Wildman–Crippen LogP) is -0.323. The number of aliphatic carboxylic acids is 1. The lowest BCUT2D eigenvalue weighted by Gasteiger charge is -2.07. The third-order valence-corrected chi connectivity index (χ3v) is 1.00. The summed E-state index contributed by atoms with van der Waals surface area (Å²) in [7, 11) is 0. The van der Waals surface area contributed by atoms with Crippen molar-refractivity contribution in [1.29, 1.82) is 0 Å². The topological polar surface area (TPSA) is 127 Å². The van der Waals surface area contributed by atoms with Crippen LogP contribution in [0.1, 0.15) is 13.8 Å². The quantitative estimate of drug-likeness (QED) is 0.460.